The van der Waals surface area contributed by atoms with Crippen molar-refractivity contribution in [3.8, 4) is 0 Å². The van der Waals surface area contributed by atoms with Crippen molar-refractivity contribution in [3.63, 3.8) is 0 Å². The number of rotatable bonds is 8. The average molecular weight is 403 g/mol. The Hall–Kier alpha value is -2.12. The van der Waals surface area contributed by atoms with Gasteiger partial charge >= 0.3 is 0 Å². The molecule has 1 unspecified atom stereocenters. The van der Waals surface area contributed by atoms with E-state index in [1.54, 1.807) is 11.3 Å². The first kappa shape index (κ1) is 20.6. The number of nitrogens with zero attached hydrogens (tertiary/aromatic N) is 1. The number of hydrogen-bond donors (Lipinski definition) is 4. The molecule has 1 atom stereocenters. The summed E-state index contributed by atoms with van der Waals surface area (Å²) in [6.45, 7) is 3.51. The van der Waals surface area contributed by atoms with E-state index in [1.807, 2.05) is 31.2 Å². The maximum absolute atomic E-state index is 12.0. The fourth-order valence-corrected chi connectivity index (χ4v) is 4.48. The van der Waals surface area contributed by atoms with Crippen LogP contribution in [0, 0.1) is 0 Å². The van der Waals surface area contributed by atoms with Crippen molar-refractivity contribution >= 4 is 33.3 Å². The lowest BCUT2D eigenvalue weighted by atomic mass is 10.2. The monoisotopic (exact) mass is 402 g/mol. The Bertz CT molecular complexity index is 766. The highest BCUT2D eigenvalue weighted by Crippen LogP contribution is 2.29. The summed E-state index contributed by atoms with van der Waals surface area (Å²) in [6, 6.07) is 10.5. The Morgan fingerprint density at radius 2 is 2.07 bits per heavy atom. The Kier molecular flexibility index (Phi) is 7.68. The van der Waals surface area contributed by atoms with Gasteiger partial charge in [-0.25, -0.2) is 0 Å². The fraction of sp³-hybridized carbons (Fsp3) is 0.524. The Balaban J connectivity index is 1.47. The SMILES string of the molecule is CCNC(=NCC(O)c1cc2ccccc2s1)NCCC(=O)NC1CCCC1. The molecular formula is C21H30N4O2S. The standard InChI is InChI=1S/C21H30N4O2S/c1-2-22-21(23-12-11-20(27)25-16-8-4-5-9-16)24-14-17(26)19-13-15-7-3-6-10-18(15)28-19/h3,6-7,10,13,16-17,26H,2,4-5,8-9,11-12,14H2,1H3,(H,25,27)(H2,22,23,24). The highest BCUT2D eigenvalue weighted by molar-refractivity contribution is 7.19. The van der Waals surface area contributed by atoms with Gasteiger partial charge in [0.1, 0.15) is 6.10 Å². The van der Waals surface area contributed by atoms with E-state index in [2.05, 4.69) is 27.0 Å². The molecule has 28 heavy (non-hydrogen) atoms. The van der Waals surface area contributed by atoms with Crippen LogP contribution in [0.1, 0.15) is 50.0 Å². The molecule has 6 nitrogen and oxygen atoms in total. The number of benzene rings is 1. The second-order valence-electron chi connectivity index (χ2n) is 7.15. The first-order valence-electron chi connectivity index (χ1n) is 10.1. The van der Waals surface area contributed by atoms with Gasteiger partial charge in [-0.05, 0) is 37.3 Å². The highest BCUT2D eigenvalue weighted by atomic mass is 32.1. The summed E-state index contributed by atoms with van der Waals surface area (Å²) in [5.41, 5.74) is 0. The highest BCUT2D eigenvalue weighted by Gasteiger charge is 2.17. The molecule has 3 rings (SSSR count). The number of amides is 1. The average Bonchev–Trinajstić information content (AvgIpc) is 3.35. The van der Waals surface area contributed by atoms with Gasteiger partial charge in [0.25, 0.3) is 0 Å². The van der Waals surface area contributed by atoms with Crippen LogP contribution in [0.4, 0.5) is 0 Å². The van der Waals surface area contributed by atoms with Crippen LogP contribution in [0.25, 0.3) is 10.1 Å². The number of carbonyl (C=O) groups is 1. The smallest absolute Gasteiger partial charge is 0.221 e. The molecule has 1 aromatic heterocycles. The van der Waals surface area contributed by atoms with Crippen LogP contribution in [-0.2, 0) is 4.79 Å². The molecule has 1 amide bonds. The van der Waals surface area contributed by atoms with Gasteiger partial charge in [0.2, 0.25) is 5.91 Å². The number of aliphatic hydroxyl groups is 1. The number of hydrogen-bond acceptors (Lipinski definition) is 4. The Morgan fingerprint density at radius 1 is 1.29 bits per heavy atom. The molecule has 0 radical (unpaired) electrons. The van der Waals surface area contributed by atoms with Crippen LogP contribution in [-0.4, -0.2) is 42.6 Å². The lowest BCUT2D eigenvalue weighted by Gasteiger charge is -2.14. The van der Waals surface area contributed by atoms with Gasteiger partial charge < -0.3 is 21.1 Å². The summed E-state index contributed by atoms with van der Waals surface area (Å²) in [5.74, 6) is 0.705. The summed E-state index contributed by atoms with van der Waals surface area (Å²) in [7, 11) is 0. The van der Waals surface area contributed by atoms with Crippen molar-refractivity contribution in [1.29, 1.82) is 0 Å². The Labute approximate surface area is 170 Å². The number of guanidine groups is 1. The topological polar surface area (TPSA) is 85.8 Å². The summed E-state index contributed by atoms with van der Waals surface area (Å²) in [6.07, 6.45) is 4.39. The molecule has 1 aliphatic rings. The number of nitrogens with one attached hydrogen (secondary N) is 3. The van der Waals surface area contributed by atoms with Crippen molar-refractivity contribution in [1.82, 2.24) is 16.0 Å². The third-order valence-electron chi connectivity index (χ3n) is 4.90. The second kappa shape index (κ2) is 10.4. The van der Waals surface area contributed by atoms with E-state index in [9.17, 15) is 9.90 Å². The molecule has 2 aromatic rings. The maximum atomic E-state index is 12.0. The summed E-state index contributed by atoms with van der Waals surface area (Å²) in [4.78, 5) is 17.4. The summed E-state index contributed by atoms with van der Waals surface area (Å²) in [5, 5.41) is 21.1. The largest absolute Gasteiger partial charge is 0.386 e. The number of aliphatic hydroxyl groups excluding tert-OH is 1. The lowest BCUT2D eigenvalue weighted by Crippen LogP contribution is -2.40. The molecule has 1 fully saturated rings. The molecule has 4 N–H and O–H groups in total. The maximum Gasteiger partial charge on any atom is 0.221 e. The zero-order chi connectivity index (χ0) is 19.8. The first-order chi connectivity index (χ1) is 13.7. The molecule has 152 valence electrons. The molecular weight excluding hydrogens is 372 g/mol. The van der Waals surface area contributed by atoms with Gasteiger partial charge in [-0.3, -0.25) is 9.79 Å². The lowest BCUT2D eigenvalue weighted by molar-refractivity contribution is -0.121. The van der Waals surface area contributed by atoms with Gasteiger partial charge in [0.05, 0.1) is 6.54 Å². The van der Waals surface area contributed by atoms with Crippen LogP contribution in [0.5, 0.6) is 0 Å². The minimum Gasteiger partial charge on any atom is -0.386 e. The van der Waals surface area contributed by atoms with E-state index >= 15 is 0 Å². The Morgan fingerprint density at radius 3 is 2.82 bits per heavy atom. The van der Waals surface area contributed by atoms with Gasteiger partial charge in [-0.2, -0.15) is 0 Å². The number of thiophene rings is 1. The zero-order valence-electron chi connectivity index (χ0n) is 16.4. The van der Waals surface area contributed by atoms with Crippen molar-refractivity contribution in [3.05, 3.63) is 35.2 Å². The normalized spacial score (nSPS) is 16.3. The molecule has 0 spiro atoms. The third kappa shape index (κ3) is 5.94. The van der Waals surface area contributed by atoms with E-state index in [0.717, 1.165) is 29.6 Å². The molecule has 0 saturated heterocycles. The number of carbonyl (C=O) groups excluding carboxylic acids is 1. The van der Waals surface area contributed by atoms with Crippen molar-refractivity contribution in [2.75, 3.05) is 19.6 Å². The minimum atomic E-state index is -0.640. The predicted octanol–water partition coefficient (Wildman–Crippen LogP) is 2.94. The van der Waals surface area contributed by atoms with E-state index < -0.39 is 6.10 Å². The summed E-state index contributed by atoms with van der Waals surface area (Å²) >= 11 is 1.59. The first-order valence-corrected chi connectivity index (χ1v) is 11.0. The van der Waals surface area contributed by atoms with E-state index in [0.29, 0.717) is 25.0 Å². The van der Waals surface area contributed by atoms with E-state index in [4.69, 9.17) is 0 Å². The predicted molar refractivity (Wildman–Crippen MR) is 116 cm³/mol. The molecule has 1 aromatic carbocycles. The van der Waals surface area contributed by atoms with Crippen LogP contribution in [0.3, 0.4) is 0 Å². The van der Waals surface area contributed by atoms with E-state index in [1.165, 1.54) is 17.5 Å². The third-order valence-corrected chi connectivity index (χ3v) is 6.12. The molecule has 0 aliphatic heterocycles. The van der Waals surface area contributed by atoms with Gasteiger partial charge in [-0.15, -0.1) is 11.3 Å². The minimum absolute atomic E-state index is 0.0839. The van der Waals surface area contributed by atoms with E-state index in [-0.39, 0.29) is 12.5 Å². The van der Waals surface area contributed by atoms with Crippen molar-refractivity contribution in [2.45, 2.75) is 51.2 Å². The number of fused-ring (bicyclic) bond motifs is 1. The zero-order valence-corrected chi connectivity index (χ0v) is 17.2. The molecule has 1 aliphatic carbocycles. The quantitative estimate of drug-likeness (QED) is 0.404. The van der Waals surface area contributed by atoms with Crippen LogP contribution in [0.2, 0.25) is 0 Å². The van der Waals surface area contributed by atoms with Gasteiger partial charge in [0.15, 0.2) is 5.96 Å². The summed E-state index contributed by atoms with van der Waals surface area (Å²) < 4.78 is 1.17. The van der Waals surface area contributed by atoms with Crippen molar-refractivity contribution < 1.29 is 9.90 Å². The second-order valence-corrected chi connectivity index (χ2v) is 8.26. The molecule has 1 heterocycles. The van der Waals surface area contributed by atoms with Gasteiger partial charge in [-0.1, -0.05) is 31.0 Å². The van der Waals surface area contributed by atoms with Crippen LogP contribution in [0.15, 0.2) is 35.3 Å². The molecule has 7 heteroatoms. The van der Waals surface area contributed by atoms with Gasteiger partial charge in [0, 0.05) is 35.1 Å². The molecule has 0 bridgehead atoms. The van der Waals surface area contributed by atoms with Crippen LogP contribution < -0.4 is 16.0 Å². The fourth-order valence-electron chi connectivity index (χ4n) is 3.44. The number of aliphatic imine (C=N–C) groups is 1. The van der Waals surface area contributed by atoms with Crippen molar-refractivity contribution in [2.24, 2.45) is 4.99 Å². The van der Waals surface area contributed by atoms with Crippen LogP contribution >= 0.6 is 11.3 Å². The molecule has 1 saturated carbocycles.